The number of amides is 1. The van der Waals surface area contributed by atoms with Crippen LogP contribution < -0.4 is 10.9 Å². The number of pyridine rings is 1. The zero-order valence-electron chi connectivity index (χ0n) is 15.3. The van der Waals surface area contributed by atoms with E-state index in [1.54, 1.807) is 18.3 Å². The van der Waals surface area contributed by atoms with E-state index in [1.807, 2.05) is 39.0 Å². The Morgan fingerprint density at radius 3 is 2.67 bits per heavy atom. The van der Waals surface area contributed by atoms with Crippen molar-refractivity contribution in [2.45, 2.75) is 33.2 Å². The van der Waals surface area contributed by atoms with E-state index >= 15 is 0 Å². The van der Waals surface area contributed by atoms with E-state index < -0.39 is 0 Å². The van der Waals surface area contributed by atoms with Gasteiger partial charge in [-0.2, -0.15) is 0 Å². The number of nitrogens with zero attached hydrogens (tertiary/aromatic N) is 2. The van der Waals surface area contributed by atoms with Gasteiger partial charge in [0.05, 0.1) is 22.9 Å². The molecule has 0 bridgehead atoms. The number of anilines is 1. The maximum absolute atomic E-state index is 12.6. The Morgan fingerprint density at radius 2 is 2.00 bits per heavy atom. The number of halogens is 1. The third kappa shape index (κ3) is 4.46. The highest BCUT2D eigenvalue weighted by Gasteiger charge is 2.17. The zero-order valence-corrected chi connectivity index (χ0v) is 16.9. The van der Waals surface area contributed by atoms with Gasteiger partial charge in [-0.3, -0.25) is 9.59 Å². The molecule has 0 aliphatic carbocycles. The molecule has 27 heavy (non-hydrogen) atoms. The van der Waals surface area contributed by atoms with Crippen molar-refractivity contribution in [3.63, 3.8) is 0 Å². The van der Waals surface area contributed by atoms with Crippen molar-refractivity contribution >= 4 is 34.5 Å². The van der Waals surface area contributed by atoms with Gasteiger partial charge in [0, 0.05) is 23.2 Å². The summed E-state index contributed by atoms with van der Waals surface area (Å²) in [7, 11) is 0. The molecule has 0 radical (unpaired) electrons. The molecule has 140 valence electrons. The van der Waals surface area contributed by atoms with Gasteiger partial charge in [0.25, 0.3) is 11.5 Å². The molecule has 2 aromatic heterocycles. The Kier molecular flexibility index (Phi) is 5.77. The summed E-state index contributed by atoms with van der Waals surface area (Å²) in [6.07, 6.45) is 1.63. The predicted molar refractivity (Wildman–Crippen MR) is 110 cm³/mol. The lowest BCUT2D eigenvalue weighted by molar-refractivity contribution is 0.102. The predicted octanol–water partition coefficient (Wildman–Crippen LogP) is 4.69. The van der Waals surface area contributed by atoms with Gasteiger partial charge < -0.3 is 9.88 Å². The summed E-state index contributed by atoms with van der Waals surface area (Å²) in [6.45, 7) is 6.25. The maximum atomic E-state index is 12.6. The minimum Gasteiger partial charge on any atom is -0.320 e. The number of rotatable bonds is 5. The summed E-state index contributed by atoms with van der Waals surface area (Å²) in [6, 6.07) is 10.4. The van der Waals surface area contributed by atoms with Crippen LogP contribution in [0.3, 0.4) is 0 Å². The monoisotopic (exact) mass is 401 g/mol. The number of hydrogen-bond acceptors (Lipinski definition) is 4. The average Bonchev–Trinajstić information content (AvgIpc) is 3.02. The van der Waals surface area contributed by atoms with Gasteiger partial charge in [0.2, 0.25) is 0 Å². The standard InChI is InChI=1S/C20H20ClN3O2S/c1-12(2)20-22-13(3)18(27-20)19(26)23-15-8-9-17(25)24(11-15)10-14-6-4-5-7-16(14)21/h4-9,11-12H,10H2,1-3H3,(H,23,26). The molecule has 0 spiro atoms. The SMILES string of the molecule is Cc1nc(C(C)C)sc1C(=O)Nc1ccc(=O)n(Cc2ccccc2Cl)c1. The molecule has 1 amide bonds. The van der Waals surface area contributed by atoms with Crippen molar-refractivity contribution in [1.29, 1.82) is 0 Å². The molecule has 0 atom stereocenters. The molecule has 2 heterocycles. The van der Waals surface area contributed by atoms with E-state index in [0.717, 1.165) is 10.6 Å². The first-order chi connectivity index (χ1) is 12.8. The van der Waals surface area contributed by atoms with Crippen LogP contribution >= 0.6 is 22.9 Å². The molecule has 0 saturated heterocycles. The number of hydrogen-bond donors (Lipinski definition) is 1. The first kappa shape index (κ1) is 19.3. The molecule has 1 aromatic carbocycles. The number of aryl methyl sites for hydroxylation is 1. The minimum atomic E-state index is -0.222. The van der Waals surface area contributed by atoms with Crippen LogP contribution in [-0.4, -0.2) is 15.5 Å². The smallest absolute Gasteiger partial charge is 0.267 e. The van der Waals surface area contributed by atoms with Crippen molar-refractivity contribution in [3.05, 3.63) is 79.1 Å². The van der Waals surface area contributed by atoms with E-state index in [4.69, 9.17) is 11.6 Å². The topological polar surface area (TPSA) is 64.0 Å². The third-order valence-electron chi connectivity index (χ3n) is 4.05. The molecule has 3 rings (SSSR count). The summed E-state index contributed by atoms with van der Waals surface area (Å²) in [4.78, 5) is 29.8. The summed E-state index contributed by atoms with van der Waals surface area (Å²) in [5.74, 6) is 0.0487. The molecule has 1 N–H and O–H groups in total. The Morgan fingerprint density at radius 1 is 1.26 bits per heavy atom. The van der Waals surface area contributed by atoms with Crippen LogP contribution in [0.4, 0.5) is 5.69 Å². The molecule has 0 aliphatic heterocycles. The van der Waals surface area contributed by atoms with Gasteiger partial charge >= 0.3 is 0 Å². The highest BCUT2D eigenvalue weighted by Crippen LogP contribution is 2.25. The average molecular weight is 402 g/mol. The third-order valence-corrected chi connectivity index (χ3v) is 5.88. The molecule has 0 saturated carbocycles. The van der Waals surface area contributed by atoms with Crippen LogP contribution in [0.25, 0.3) is 0 Å². The molecular weight excluding hydrogens is 382 g/mol. The lowest BCUT2D eigenvalue weighted by Crippen LogP contribution is -2.21. The number of benzene rings is 1. The number of carbonyl (C=O) groups excluding carboxylic acids is 1. The van der Waals surface area contributed by atoms with E-state index in [2.05, 4.69) is 10.3 Å². The molecule has 0 fully saturated rings. The van der Waals surface area contributed by atoms with Crippen molar-refractivity contribution < 1.29 is 4.79 Å². The van der Waals surface area contributed by atoms with E-state index in [0.29, 0.717) is 27.8 Å². The Labute approximate surface area is 166 Å². The summed E-state index contributed by atoms with van der Waals surface area (Å²) < 4.78 is 1.52. The van der Waals surface area contributed by atoms with Gasteiger partial charge in [0.15, 0.2) is 0 Å². The van der Waals surface area contributed by atoms with Gasteiger partial charge in [-0.15, -0.1) is 11.3 Å². The fourth-order valence-electron chi connectivity index (χ4n) is 2.60. The Bertz CT molecular complexity index is 1040. The lowest BCUT2D eigenvalue weighted by atomic mass is 10.2. The first-order valence-corrected chi connectivity index (χ1v) is 9.77. The van der Waals surface area contributed by atoms with Crippen molar-refractivity contribution in [2.75, 3.05) is 5.32 Å². The fourth-order valence-corrected chi connectivity index (χ4v) is 3.76. The second-order valence-corrected chi connectivity index (χ2v) is 7.99. The molecule has 5 nitrogen and oxygen atoms in total. The molecule has 3 aromatic rings. The number of aromatic nitrogens is 2. The van der Waals surface area contributed by atoms with Crippen molar-refractivity contribution in [3.8, 4) is 0 Å². The highest BCUT2D eigenvalue weighted by atomic mass is 35.5. The second-order valence-electron chi connectivity index (χ2n) is 6.55. The lowest BCUT2D eigenvalue weighted by Gasteiger charge is -2.10. The van der Waals surface area contributed by atoms with Crippen LogP contribution in [0.5, 0.6) is 0 Å². The van der Waals surface area contributed by atoms with Crippen LogP contribution in [0.1, 0.15) is 45.7 Å². The van der Waals surface area contributed by atoms with Crippen LogP contribution in [-0.2, 0) is 6.54 Å². The van der Waals surface area contributed by atoms with Crippen molar-refractivity contribution in [1.82, 2.24) is 9.55 Å². The first-order valence-electron chi connectivity index (χ1n) is 8.57. The van der Waals surface area contributed by atoms with E-state index in [-0.39, 0.29) is 17.4 Å². The zero-order chi connectivity index (χ0) is 19.6. The Hall–Kier alpha value is -2.44. The number of thiazole rings is 1. The van der Waals surface area contributed by atoms with Gasteiger partial charge in [-0.05, 0) is 24.6 Å². The molecule has 0 unspecified atom stereocenters. The second kappa shape index (κ2) is 8.06. The van der Waals surface area contributed by atoms with Gasteiger partial charge in [0.1, 0.15) is 4.88 Å². The summed E-state index contributed by atoms with van der Waals surface area (Å²) in [5, 5.41) is 4.39. The number of carbonyl (C=O) groups is 1. The molecule has 0 aliphatic rings. The Balaban J connectivity index is 1.83. The van der Waals surface area contributed by atoms with Crippen LogP contribution in [0, 0.1) is 6.92 Å². The number of nitrogens with one attached hydrogen (secondary N) is 1. The maximum Gasteiger partial charge on any atom is 0.267 e. The van der Waals surface area contributed by atoms with Crippen molar-refractivity contribution in [2.24, 2.45) is 0 Å². The summed E-state index contributed by atoms with van der Waals surface area (Å²) >= 11 is 7.58. The summed E-state index contributed by atoms with van der Waals surface area (Å²) in [5.41, 5.74) is 1.93. The van der Waals surface area contributed by atoms with Gasteiger partial charge in [-0.1, -0.05) is 43.6 Å². The van der Waals surface area contributed by atoms with E-state index in [9.17, 15) is 9.59 Å². The van der Waals surface area contributed by atoms with E-state index in [1.165, 1.54) is 22.0 Å². The van der Waals surface area contributed by atoms with Crippen LogP contribution in [0.15, 0.2) is 47.4 Å². The normalized spacial score (nSPS) is 11.0. The highest BCUT2D eigenvalue weighted by molar-refractivity contribution is 7.14. The van der Waals surface area contributed by atoms with Gasteiger partial charge in [-0.25, -0.2) is 4.98 Å². The molecule has 7 heteroatoms. The largest absolute Gasteiger partial charge is 0.320 e. The van der Waals surface area contributed by atoms with Crippen LogP contribution in [0.2, 0.25) is 5.02 Å². The minimum absolute atomic E-state index is 0.163. The fraction of sp³-hybridized carbons (Fsp3) is 0.250. The molecular formula is C20H20ClN3O2S. The quantitative estimate of drug-likeness (QED) is 0.674.